The van der Waals surface area contributed by atoms with E-state index < -0.39 is 30.9 Å². The Morgan fingerprint density at radius 2 is 1.77 bits per heavy atom. The Bertz CT molecular complexity index is 1670. The molecule has 0 amide bonds. The second-order valence-corrected chi connectivity index (χ2v) is 10.5. The van der Waals surface area contributed by atoms with Gasteiger partial charge in [-0.2, -0.15) is 13.2 Å². The third kappa shape index (κ3) is 4.61. The number of anilines is 1. The highest BCUT2D eigenvalue weighted by atomic mass is 19.4. The van der Waals surface area contributed by atoms with Crippen LogP contribution in [0.5, 0.6) is 11.5 Å². The predicted octanol–water partition coefficient (Wildman–Crippen LogP) is 2.45. The van der Waals surface area contributed by atoms with Gasteiger partial charge in [-0.25, -0.2) is 9.37 Å². The van der Waals surface area contributed by atoms with Crippen LogP contribution in [0.15, 0.2) is 48.5 Å². The first-order valence-corrected chi connectivity index (χ1v) is 13.2. The van der Waals surface area contributed by atoms with Gasteiger partial charge in [0.05, 0.1) is 17.7 Å². The lowest BCUT2D eigenvalue weighted by Gasteiger charge is -2.35. The highest BCUT2D eigenvalue weighted by Crippen LogP contribution is 2.42. The van der Waals surface area contributed by atoms with E-state index in [0.29, 0.717) is 63.8 Å². The quantitative estimate of drug-likeness (QED) is 0.337. The van der Waals surface area contributed by atoms with Crippen molar-refractivity contribution >= 4 is 17.2 Å². The SMILES string of the molecule is CCN1C[C@@H](O)Cc2cc3c(cc21)Oc1cc2c(cc1=C3c1ccccc1C(=O)O)C[C@H](O)C[N+]=2CC(F)(F)F. The van der Waals surface area contributed by atoms with E-state index >= 15 is 0 Å². The van der Waals surface area contributed by atoms with E-state index in [1.54, 1.807) is 30.3 Å². The van der Waals surface area contributed by atoms with Crippen LogP contribution in [0.2, 0.25) is 0 Å². The summed E-state index contributed by atoms with van der Waals surface area (Å²) in [6.07, 6.45) is -5.46. The summed E-state index contributed by atoms with van der Waals surface area (Å²) in [5.41, 5.74) is 4.01. The zero-order valence-corrected chi connectivity index (χ0v) is 21.7. The highest BCUT2D eigenvalue weighted by Gasteiger charge is 2.38. The minimum absolute atomic E-state index is 0.0701. The van der Waals surface area contributed by atoms with Crippen LogP contribution in [0.1, 0.15) is 39.5 Å². The molecule has 0 saturated carbocycles. The van der Waals surface area contributed by atoms with Gasteiger partial charge in [0.2, 0.25) is 11.9 Å². The summed E-state index contributed by atoms with van der Waals surface area (Å²) in [4.78, 5) is 14.3. The van der Waals surface area contributed by atoms with Gasteiger partial charge in [0.1, 0.15) is 17.6 Å². The Balaban J connectivity index is 1.69. The van der Waals surface area contributed by atoms with Gasteiger partial charge in [-0.15, -0.1) is 0 Å². The molecular formula is C30H28F3N2O5+. The molecule has 10 heteroatoms. The van der Waals surface area contributed by atoms with Crippen LogP contribution in [0.3, 0.4) is 0 Å². The number of likely N-dealkylation sites (N-methyl/N-ethyl adjacent to an activating group) is 1. The molecule has 3 aliphatic rings. The maximum absolute atomic E-state index is 13.4. The highest BCUT2D eigenvalue weighted by molar-refractivity contribution is 5.98. The number of ether oxygens (including phenoxy) is 1. The summed E-state index contributed by atoms with van der Waals surface area (Å²) >= 11 is 0. The third-order valence-corrected chi connectivity index (χ3v) is 7.75. The molecule has 0 spiro atoms. The van der Waals surface area contributed by atoms with E-state index in [9.17, 15) is 33.3 Å². The Hall–Kier alpha value is -3.89. The fourth-order valence-corrected chi connectivity index (χ4v) is 6.15. The van der Waals surface area contributed by atoms with E-state index in [0.717, 1.165) is 15.8 Å². The van der Waals surface area contributed by atoms with Crippen molar-refractivity contribution in [3.8, 4) is 11.5 Å². The number of alkyl halides is 3. The number of hydrogen-bond donors (Lipinski definition) is 3. The van der Waals surface area contributed by atoms with Crippen molar-refractivity contribution in [1.29, 1.82) is 0 Å². The van der Waals surface area contributed by atoms with Gasteiger partial charge in [-0.3, -0.25) is 0 Å². The molecule has 0 saturated heterocycles. The lowest BCUT2D eigenvalue weighted by Crippen LogP contribution is -2.48. The number of aliphatic hydroxyl groups is 2. The first kappa shape index (κ1) is 26.3. The number of fused-ring (bicyclic) bond motifs is 4. The topological polar surface area (TPSA) is 93.2 Å². The second kappa shape index (κ2) is 9.64. The number of β-amino-alcohol motifs (C(OH)–C–C–N with tert-alkyl or cyclic N) is 2. The average molecular weight is 554 g/mol. The van der Waals surface area contributed by atoms with E-state index in [2.05, 4.69) is 0 Å². The first-order valence-electron chi connectivity index (χ1n) is 13.2. The molecular weight excluding hydrogens is 525 g/mol. The normalized spacial score (nSPS) is 19.8. The maximum atomic E-state index is 13.4. The van der Waals surface area contributed by atoms with Crippen molar-refractivity contribution in [3.05, 3.63) is 86.9 Å². The first-order chi connectivity index (χ1) is 19.0. The van der Waals surface area contributed by atoms with Crippen LogP contribution in [0.4, 0.5) is 18.9 Å². The molecule has 3 N–H and O–H groups in total. The molecule has 0 unspecified atom stereocenters. The number of rotatable bonds is 4. The fourth-order valence-electron chi connectivity index (χ4n) is 6.15. The Kier molecular flexibility index (Phi) is 6.35. The summed E-state index contributed by atoms with van der Waals surface area (Å²) in [6, 6.07) is 13.6. The molecule has 3 aliphatic heterocycles. The molecule has 7 nitrogen and oxygen atoms in total. The van der Waals surface area contributed by atoms with Crippen LogP contribution in [0.25, 0.3) is 5.57 Å². The molecule has 6 rings (SSSR count). The minimum atomic E-state index is -4.47. The van der Waals surface area contributed by atoms with E-state index in [1.165, 1.54) is 6.07 Å². The summed E-state index contributed by atoms with van der Waals surface area (Å²) < 4.78 is 47.7. The molecule has 0 fully saturated rings. The summed E-state index contributed by atoms with van der Waals surface area (Å²) in [7, 11) is 0. The van der Waals surface area contributed by atoms with Crippen LogP contribution in [-0.4, -0.2) is 65.9 Å². The molecule has 40 heavy (non-hydrogen) atoms. The lowest BCUT2D eigenvalue weighted by molar-refractivity contribution is -0.130. The van der Waals surface area contributed by atoms with Crippen molar-refractivity contribution in [2.24, 2.45) is 0 Å². The molecule has 0 radical (unpaired) electrons. The molecule has 3 aromatic rings. The molecule has 2 atom stereocenters. The number of aromatic carboxylic acids is 1. The third-order valence-electron chi connectivity index (χ3n) is 7.75. The fraction of sp³-hybridized carbons (Fsp3) is 0.333. The molecule has 0 aromatic heterocycles. The average Bonchev–Trinajstić information content (AvgIpc) is 2.88. The van der Waals surface area contributed by atoms with Crippen molar-refractivity contribution < 1.29 is 38.0 Å². The van der Waals surface area contributed by atoms with Gasteiger partial charge in [-0.1, -0.05) is 18.2 Å². The van der Waals surface area contributed by atoms with Gasteiger partial charge in [-0.05, 0) is 36.2 Å². The van der Waals surface area contributed by atoms with Gasteiger partial charge in [0.25, 0.3) is 0 Å². The molecule has 0 bridgehead atoms. The molecule has 208 valence electrons. The van der Waals surface area contributed by atoms with Crippen LogP contribution >= 0.6 is 0 Å². The van der Waals surface area contributed by atoms with Crippen molar-refractivity contribution in [2.75, 3.05) is 31.1 Å². The number of carboxylic acids is 1. The number of nitrogens with zero attached hydrogens (tertiary/aromatic N) is 2. The summed E-state index contributed by atoms with van der Waals surface area (Å²) in [5.74, 6) is -0.355. The largest absolute Gasteiger partial charge is 0.478 e. The van der Waals surface area contributed by atoms with Crippen molar-refractivity contribution in [2.45, 2.75) is 38.1 Å². The summed E-state index contributed by atoms with van der Waals surface area (Å²) in [5, 5.41) is 31.8. The maximum Gasteiger partial charge on any atom is 0.448 e. The standard InChI is InChI=1S/C30H27F3N2O5/c1-2-34-13-18(36)7-16-9-22-26(11-24(16)34)40-27-12-25-17(8-19(37)14-35(25)15-30(31,32)33)10-23(27)28(22)20-5-3-4-6-21(20)29(38)39/h3-6,9-12,18-19,36-37H,2,7-8,13-15H2,1H3/p+1/t18-,19-/m0/s1. The predicted molar refractivity (Wildman–Crippen MR) is 142 cm³/mol. The van der Waals surface area contributed by atoms with Gasteiger partial charge >= 0.3 is 12.1 Å². The Morgan fingerprint density at radius 1 is 1.02 bits per heavy atom. The number of carbonyl (C=O) groups is 1. The van der Waals surface area contributed by atoms with Crippen molar-refractivity contribution in [3.63, 3.8) is 0 Å². The number of halogens is 3. The molecule has 0 aliphatic carbocycles. The zero-order chi connectivity index (χ0) is 28.3. The van der Waals surface area contributed by atoms with Gasteiger partial charge in [0.15, 0.2) is 6.54 Å². The van der Waals surface area contributed by atoms with Crippen LogP contribution in [-0.2, 0) is 12.8 Å². The monoisotopic (exact) mass is 553 g/mol. The Labute approximate surface area is 227 Å². The molecule has 3 aromatic carbocycles. The van der Waals surface area contributed by atoms with E-state index in [4.69, 9.17) is 4.74 Å². The lowest BCUT2D eigenvalue weighted by atomic mass is 9.86. The van der Waals surface area contributed by atoms with Crippen molar-refractivity contribution in [1.82, 2.24) is 4.58 Å². The second-order valence-electron chi connectivity index (χ2n) is 10.5. The smallest absolute Gasteiger partial charge is 0.448 e. The van der Waals surface area contributed by atoms with Gasteiger partial charge in [0, 0.05) is 59.6 Å². The number of aliphatic hydroxyl groups excluding tert-OH is 2. The summed E-state index contributed by atoms with van der Waals surface area (Å²) in [6.45, 7) is 1.71. The molecule has 3 heterocycles. The van der Waals surface area contributed by atoms with Gasteiger partial charge < -0.3 is 25.0 Å². The Morgan fingerprint density at radius 3 is 2.50 bits per heavy atom. The number of benzene rings is 3. The van der Waals surface area contributed by atoms with E-state index in [-0.39, 0.29) is 18.5 Å². The zero-order valence-electron chi connectivity index (χ0n) is 21.7. The minimum Gasteiger partial charge on any atom is -0.478 e. The van der Waals surface area contributed by atoms with Crippen LogP contribution in [0, 0.1) is 0 Å². The number of hydrogen-bond acceptors (Lipinski definition) is 5. The number of carboxylic acid groups (broad SMARTS) is 1. The van der Waals surface area contributed by atoms with E-state index in [1.807, 2.05) is 24.0 Å². The van der Waals surface area contributed by atoms with Crippen LogP contribution < -0.4 is 24.8 Å².